The van der Waals surface area contributed by atoms with Gasteiger partial charge in [0.1, 0.15) is 0 Å². The molecule has 1 aliphatic heterocycles. The maximum atomic E-state index is 5.69. The van der Waals surface area contributed by atoms with Crippen molar-refractivity contribution in [2.45, 2.75) is 13.1 Å². The van der Waals surface area contributed by atoms with E-state index in [1.165, 1.54) is 5.56 Å². The fraction of sp³-hybridized carbons (Fsp3) is 0.375. The summed E-state index contributed by atoms with van der Waals surface area (Å²) < 4.78 is 5.01. The largest absolute Gasteiger partial charge is 0.480 e. The molecule has 0 aromatic carbocycles. The number of aromatic nitrogens is 1. The molecule has 0 atom stereocenters. The van der Waals surface area contributed by atoms with Gasteiger partial charge in [0, 0.05) is 13.1 Å². The second kappa shape index (κ2) is 2.64. The summed E-state index contributed by atoms with van der Waals surface area (Å²) in [6.45, 7) is 1.67. The molecule has 0 spiro atoms. The lowest BCUT2D eigenvalue weighted by Crippen LogP contribution is -2.00. The Bertz CT molecular complexity index is 311. The lowest BCUT2D eigenvalue weighted by Gasteiger charge is -2.04. The number of nitrogens with two attached hydrogens (primary N) is 1. The van der Waals surface area contributed by atoms with E-state index in [0.717, 1.165) is 18.8 Å². The first-order valence-electron chi connectivity index (χ1n) is 3.84. The molecule has 0 aliphatic carbocycles. The predicted molar refractivity (Wildman–Crippen MR) is 45.7 cm³/mol. The Hall–Kier alpha value is -1.29. The lowest BCUT2D eigenvalue weighted by molar-refractivity contribution is 0.399. The van der Waals surface area contributed by atoms with Crippen LogP contribution in [0.4, 0.5) is 5.69 Å². The van der Waals surface area contributed by atoms with Crippen LogP contribution >= 0.6 is 0 Å². The van der Waals surface area contributed by atoms with E-state index in [9.17, 15) is 0 Å². The Morgan fingerprint density at radius 1 is 1.58 bits per heavy atom. The summed E-state index contributed by atoms with van der Waals surface area (Å²) in [5.74, 6) is 0.525. The molecule has 4 heteroatoms. The molecule has 1 aromatic rings. The number of nitrogens with one attached hydrogen (secondary N) is 1. The first-order chi connectivity index (χ1) is 5.81. The third kappa shape index (κ3) is 1.00. The van der Waals surface area contributed by atoms with Crippen molar-refractivity contribution in [3.05, 3.63) is 17.3 Å². The lowest BCUT2D eigenvalue weighted by atomic mass is 10.2. The summed E-state index contributed by atoms with van der Waals surface area (Å²) in [4.78, 5) is 4.26. The number of nitrogens with zero attached hydrogens (tertiary/aromatic N) is 1. The van der Waals surface area contributed by atoms with Gasteiger partial charge in [0.2, 0.25) is 5.88 Å². The SMILES string of the molecule is COc1nc2c(cc1N)CNC2. The number of pyridine rings is 1. The zero-order chi connectivity index (χ0) is 8.55. The number of rotatable bonds is 1. The monoisotopic (exact) mass is 165 g/mol. The van der Waals surface area contributed by atoms with Gasteiger partial charge in [-0.25, -0.2) is 4.98 Å². The highest BCUT2D eigenvalue weighted by Crippen LogP contribution is 2.23. The molecule has 0 saturated heterocycles. The number of fused-ring (bicyclic) bond motifs is 1. The molecule has 1 aromatic heterocycles. The van der Waals surface area contributed by atoms with Crippen molar-refractivity contribution < 1.29 is 4.74 Å². The Kier molecular flexibility index (Phi) is 1.62. The van der Waals surface area contributed by atoms with Gasteiger partial charge in [-0.1, -0.05) is 0 Å². The van der Waals surface area contributed by atoms with E-state index in [4.69, 9.17) is 10.5 Å². The molecule has 0 fully saturated rings. The van der Waals surface area contributed by atoms with E-state index in [0.29, 0.717) is 11.6 Å². The highest BCUT2D eigenvalue weighted by atomic mass is 16.5. The van der Waals surface area contributed by atoms with Crippen molar-refractivity contribution in [3.63, 3.8) is 0 Å². The molecule has 0 bridgehead atoms. The van der Waals surface area contributed by atoms with Crippen LogP contribution in [0.3, 0.4) is 0 Å². The van der Waals surface area contributed by atoms with E-state index in [-0.39, 0.29) is 0 Å². The molecule has 2 rings (SSSR count). The summed E-state index contributed by atoms with van der Waals surface area (Å²) in [7, 11) is 1.58. The van der Waals surface area contributed by atoms with Gasteiger partial charge >= 0.3 is 0 Å². The fourth-order valence-electron chi connectivity index (χ4n) is 1.38. The van der Waals surface area contributed by atoms with Gasteiger partial charge in [-0.3, -0.25) is 0 Å². The fourth-order valence-corrected chi connectivity index (χ4v) is 1.38. The molecule has 2 heterocycles. The topological polar surface area (TPSA) is 60.2 Å². The Morgan fingerprint density at radius 3 is 3.17 bits per heavy atom. The van der Waals surface area contributed by atoms with Gasteiger partial charge in [0.05, 0.1) is 18.5 Å². The van der Waals surface area contributed by atoms with Crippen molar-refractivity contribution in [1.82, 2.24) is 10.3 Å². The molecular formula is C8H11N3O. The molecule has 64 valence electrons. The summed E-state index contributed by atoms with van der Waals surface area (Å²) >= 11 is 0. The third-order valence-corrected chi connectivity index (χ3v) is 1.99. The van der Waals surface area contributed by atoms with Crippen LogP contribution in [0.1, 0.15) is 11.3 Å². The van der Waals surface area contributed by atoms with Crippen LogP contribution in [0.25, 0.3) is 0 Å². The first-order valence-corrected chi connectivity index (χ1v) is 3.84. The second-order valence-corrected chi connectivity index (χ2v) is 2.80. The average molecular weight is 165 g/mol. The quantitative estimate of drug-likeness (QED) is 0.627. The highest BCUT2D eigenvalue weighted by molar-refractivity contribution is 5.52. The molecule has 0 saturated carbocycles. The summed E-state index contributed by atoms with van der Waals surface area (Å²) in [5, 5.41) is 3.19. The van der Waals surface area contributed by atoms with Crippen LogP contribution in [0.15, 0.2) is 6.07 Å². The van der Waals surface area contributed by atoms with Crippen LogP contribution in [0, 0.1) is 0 Å². The Labute approximate surface area is 70.7 Å². The van der Waals surface area contributed by atoms with E-state index >= 15 is 0 Å². The minimum atomic E-state index is 0.525. The summed E-state index contributed by atoms with van der Waals surface area (Å²) in [5.41, 5.74) is 8.52. The third-order valence-electron chi connectivity index (χ3n) is 1.99. The molecular weight excluding hydrogens is 154 g/mol. The van der Waals surface area contributed by atoms with E-state index < -0.39 is 0 Å². The highest BCUT2D eigenvalue weighted by Gasteiger charge is 2.14. The van der Waals surface area contributed by atoms with Gasteiger partial charge in [-0.2, -0.15) is 0 Å². The van der Waals surface area contributed by atoms with Crippen molar-refractivity contribution >= 4 is 5.69 Å². The van der Waals surface area contributed by atoms with Gasteiger partial charge in [-0.05, 0) is 11.6 Å². The van der Waals surface area contributed by atoms with Crippen LogP contribution in [0.5, 0.6) is 5.88 Å². The van der Waals surface area contributed by atoms with Gasteiger partial charge in [0.15, 0.2) is 0 Å². The number of hydrogen-bond donors (Lipinski definition) is 2. The number of hydrogen-bond acceptors (Lipinski definition) is 4. The zero-order valence-electron chi connectivity index (χ0n) is 6.92. The molecule has 1 aliphatic rings. The van der Waals surface area contributed by atoms with E-state index in [2.05, 4.69) is 10.3 Å². The summed E-state index contributed by atoms with van der Waals surface area (Å²) in [6, 6.07) is 1.92. The zero-order valence-corrected chi connectivity index (χ0v) is 6.92. The first kappa shape index (κ1) is 7.36. The molecule has 0 radical (unpaired) electrons. The van der Waals surface area contributed by atoms with Crippen LogP contribution in [-0.4, -0.2) is 12.1 Å². The minimum absolute atomic E-state index is 0.525. The van der Waals surface area contributed by atoms with Crippen molar-refractivity contribution in [2.24, 2.45) is 0 Å². The molecule has 0 unspecified atom stereocenters. The maximum Gasteiger partial charge on any atom is 0.237 e. The van der Waals surface area contributed by atoms with E-state index in [1.807, 2.05) is 6.07 Å². The van der Waals surface area contributed by atoms with Gasteiger partial charge in [0.25, 0.3) is 0 Å². The normalized spacial score (nSPS) is 14.4. The number of ether oxygens (including phenoxy) is 1. The smallest absolute Gasteiger partial charge is 0.237 e. The van der Waals surface area contributed by atoms with Crippen LogP contribution < -0.4 is 15.8 Å². The number of nitrogen functional groups attached to an aromatic ring is 1. The average Bonchev–Trinajstić information content (AvgIpc) is 2.49. The Morgan fingerprint density at radius 2 is 2.42 bits per heavy atom. The minimum Gasteiger partial charge on any atom is -0.480 e. The molecule has 3 N–H and O–H groups in total. The molecule has 0 amide bonds. The molecule has 4 nitrogen and oxygen atoms in total. The van der Waals surface area contributed by atoms with Gasteiger partial charge in [-0.15, -0.1) is 0 Å². The predicted octanol–water partition coefficient (Wildman–Crippen LogP) is 0.276. The Balaban J connectivity index is 2.49. The van der Waals surface area contributed by atoms with E-state index in [1.54, 1.807) is 7.11 Å². The second-order valence-electron chi connectivity index (χ2n) is 2.80. The molecule has 12 heavy (non-hydrogen) atoms. The van der Waals surface area contributed by atoms with Crippen molar-refractivity contribution in [2.75, 3.05) is 12.8 Å². The standard InChI is InChI=1S/C8H11N3O/c1-12-8-6(9)2-5-3-10-4-7(5)11-8/h2,10H,3-4,9H2,1H3. The maximum absolute atomic E-state index is 5.69. The van der Waals surface area contributed by atoms with Crippen LogP contribution in [-0.2, 0) is 13.1 Å². The van der Waals surface area contributed by atoms with Crippen molar-refractivity contribution in [3.8, 4) is 5.88 Å². The van der Waals surface area contributed by atoms with Crippen molar-refractivity contribution in [1.29, 1.82) is 0 Å². The van der Waals surface area contributed by atoms with Gasteiger partial charge < -0.3 is 15.8 Å². The van der Waals surface area contributed by atoms with Crippen LogP contribution in [0.2, 0.25) is 0 Å². The number of methoxy groups -OCH3 is 1. The summed E-state index contributed by atoms with van der Waals surface area (Å²) in [6.07, 6.45) is 0. The number of anilines is 1.